The van der Waals surface area contributed by atoms with Crippen molar-refractivity contribution in [2.24, 2.45) is 5.92 Å². The molecule has 0 radical (unpaired) electrons. The number of rotatable bonds is 5. The number of aliphatic hydroxyl groups is 1. The van der Waals surface area contributed by atoms with E-state index in [1.54, 1.807) is 0 Å². The van der Waals surface area contributed by atoms with Crippen LogP contribution in [0, 0.1) is 5.92 Å². The van der Waals surface area contributed by atoms with E-state index in [4.69, 9.17) is 5.11 Å². The van der Waals surface area contributed by atoms with E-state index in [0.717, 1.165) is 19.3 Å². The number of amides is 1. The van der Waals surface area contributed by atoms with E-state index in [2.05, 4.69) is 0 Å². The van der Waals surface area contributed by atoms with Gasteiger partial charge in [-0.1, -0.05) is 25.7 Å². The molecular weight excluding hydrogens is 214 g/mol. The Morgan fingerprint density at radius 3 is 2.24 bits per heavy atom. The fourth-order valence-electron chi connectivity index (χ4n) is 3.41. The Morgan fingerprint density at radius 1 is 1.06 bits per heavy atom. The molecule has 1 amide bonds. The third kappa shape index (κ3) is 3.44. The standard InChI is InChI=1S/C14H25NO2/c16-10-9-15(13-7-3-4-8-13)14(17)11-12-5-1-2-6-12/h12-13,16H,1-11H2. The predicted octanol–water partition coefficient (Wildman–Crippen LogP) is 2.33. The Labute approximate surface area is 104 Å². The van der Waals surface area contributed by atoms with Gasteiger partial charge in [-0.15, -0.1) is 0 Å². The molecule has 2 aliphatic carbocycles. The minimum Gasteiger partial charge on any atom is -0.395 e. The summed E-state index contributed by atoms with van der Waals surface area (Å²) >= 11 is 0. The van der Waals surface area contributed by atoms with Gasteiger partial charge in [-0.2, -0.15) is 0 Å². The van der Waals surface area contributed by atoms with Crippen molar-refractivity contribution in [3.05, 3.63) is 0 Å². The molecule has 0 aliphatic heterocycles. The van der Waals surface area contributed by atoms with E-state index in [1.807, 2.05) is 4.90 Å². The fourth-order valence-corrected chi connectivity index (χ4v) is 3.41. The second kappa shape index (κ2) is 6.39. The minimum atomic E-state index is 0.104. The highest BCUT2D eigenvalue weighted by molar-refractivity contribution is 5.76. The summed E-state index contributed by atoms with van der Waals surface area (Å²) < 4.78 is 0. The Balaban J connectivity index is 1.86. The lowest BCUT2D eigenvalue weighted by Gasteiger charge is -2.29. The summed E-state index contributed by atoms with van der Waals surface area (Å²) in [7, 11) is 0. The zero-order chi connectivity index (χ0) is 12.1. The third-order valence-corrected chi connectivity index (χ3v) is 4.36. The van der Waals surface area contributed by atoms with Crippen LogP contribution in [-0.2, 0) is 4.79 Å². The zero-order valence-corrected chi connectivity index (χ0v) is 10.7. The highest BCUT2D eigenvalue weighted by atomic mass is 16.3. The van der Waals surface area contributed by atoms with Crippen LogP contribution in [0.2, 0.25) is 0 Å². The van der Waals surface area contributed by atoms with Crippen LogP contribution in [0.4, 0.5) is 0 Å². The summed E-state index contributed by atoms with van der Waals surface area (Å²) in [5.74, 6) is 0.906. The second-order valence-electron chi connectivity index (χ2n) is 5.60. The molecule has 0 aromatic heterocycles. The first-order valence-electron chi connectivity index (χ1n) is 7.21. The topological polar surface area (TPSA) is 40.5 Å². The smallest absolute Gasteiger partial charge is 0.223 e. The molecule has 0 bridgehead atoms. The van der Waals surface area contributed by atoms with Gasteiger partial charge in [0.1, 0.15) is 0 Å². The lowest BCUT2D eigenvalue weighted by Crippen LogP contribution is -2.41. The van der Waals surface area contributed by atoms with Crippen molar-refractivity contribution in [1.29, 1.82) is 0 Å². The van der Waals surface area contributed by atoms with Gasteiger partial charge >= 0.3 is 0 Å². The molecule has 0 spiro atoms. The molecule has 98 valence electrons. The number of carbonyl (C=O) groups excluding carboxylic acids is 1. The van der Waals surface area contributed by atoms with Crippen molar-refractivity contribution in [3.63, 3.8) is 0 Å². The first-order chi connectivity index (χ1) is 8.31. The van der Waals surface area contributed by atoms with Gasteiger partial charge in [0.15, 0.2) is 0 Å². The van der Waals surface area contributed by atoms with Crippen LogP contribution in [0.15, 0.2) is 0 Å². The lowest BCUT2D eigenvalue weighted by atomic mass is 10.0. The summed E-state index contributed by atoms with van der Waals surface area (Å²) in [5.41, 5.74) is 0. The van der Waals surface area contributed by atoms with E-state index in [9.17, 15) is 4.79 Å². The molecule has 2 aliphatic rings. The van der Waals surface area contributed by atoms with E-state index in [1.165, 1.54) is 38.5 Å². The number of nitrogens with zero attached hydrogens (tertiary/aromatic N) is 1. The van der Waals surface area contributed by atoms with E-state index >= 15 is 0 Å². The van der Waals surface area contributed by atoms with Crippen LogP contribution >= 0.6 is 0 Å². The molecule has 17 heavy (non-hydrogen) atoms. The molecule has 2 fully saturated rings. The fraction of sp³-hybridized carbons (Fsp3) is 0.929. The SMILES string of the molecule is O=C(CC1CCCC1)N(CCO)C1CCCC1. The van der Waals surface area contributed by atoms with Gasteiger partial charge < -0.3 is 10.0 Å². The van der Waals surface area contributed by atoms with E-state index in [0.29, 0.717) is 18.5 Å². The number of carbonyl (C=O) groups is 1. The zero-order valence-electron chi connectivity index (χ0n) is 10.7. The largest absolute Gasteiger partial charge is 0.395 e. The van der Waals surface area contributed by atoms with Gasteiger partial charge in [0, 0.05) is 19.0 Å². The van der Waals surface area contributed by atoms with Crippen LogP contribution in [-0.4, -0.2) is 35.1 Å². The summed E-state index contributed by atoms with van der Waals surface area (Å²) in [5, 5.41) is 9.11. The highest BCUT2D eigenvalue weighted by Gasteiger charge is 2.28. The maximum Gasteiger partial charge on any atom is 0.223 e. The quantitative estimate of drug-likeness (QED) is 0.800. The van der Waals surface area contributed by atoms with Gasteiger partial charge in [0.25, 0.3) is 0 Å². The van der Waals surface area contributed by atoms with Crippen molar-refractivity contribution >= 4 is 5.91 Å². The molecular formula is C14H25NO2. The van der Waals surface area contributed by atoms with Gasteiger partial charge in [0.2, 0.25) is 5.91 Å². The predicted molar refractivity (Wildman–Crippen MR) is 67.6 cm³/mol. The first kappa shape index (κ1) is 12.9. The van der Waals surface area contributed by atoms with Gasteiger partial charge in [-0.05, 0) is 31.6 Å². The molecule has 0 saturated heterocycles. The van der Waals surface area contributed by atoms with Crippen molar-refractivity contribution < 1.29 is 9.90 Å². The molecule has 2 rings (SSSR count). The molecule has 0 unspecified atom stereocenters. The van der Waals surface area contributed by atoms with Crippen LogP contribution in [0.25, 0.3) is 0 Å². The Hall–Kier alpha value is -0.570. The first-order valence-corrected chi connectivity index (χ1v) is 7.21. The summed E-state index contributed by atoms with van der Waals surface area (Å²) in [6.07, 6.45) is 10.5. The van der Waals surface area contributed by atoms with Crippen molar-refractivity contribution in [3.8, 4) is 0 Å². The van der Waals surface area contributed by atoms with E-state index < -0.39 is 0 Å². The molecule has 0 heterocycles. The highest BCUT2D eigenvalue weighted by Crippen LogP contribution is 2.30. The average molecular weight is 239 g/mol. The summed E-state index contributed by atoms with van der Waals surface area (Å²) in [6, 6.07) is 0.413. The molecule has 0 aromatic rings. The van der Waals surface area contributed by atoms with Crippen LogP contribution in [0.5, 0.6) is 0 Å². The van der Waals surface area contributed by atoms with E-state index in [-0.39, 0.29) is 12.5 Å². The van der Waals surface area contributed by atoms with Crippen molar-refractivity contribution in [2.45, 2.75) is 63.8 Å². The van der Waals surface area contributed by atoms with Crippen LogP contribution in [0.1, 0.15) is 57.8 Å². The lowest BCUT2D eigenvalue weighted by molar-refractivity contribution is -0.135. The Bertz CT molecular complexity index is 243. The minimum absolute atomic E-state index is 0.104. The molecule has 0 aromatic carbocycles. The van der Waals surface area contributed by atoms with Crippen LogP contribution < -0.4 is 0 Å². The van der Waals surface area contributed by atoms with Crippen LogP contribution in [0.3, 0.4) is 0 Å². The number of aliphatic hydroxyl groups excluding tert-OH is 1. The average Bonchev–Trinajstić information content (AvgIpc) is 2.97. The molecule has 3 heteroatoms. The Morgan fingerprint density at radius 2 is 1.65 bits per heavy atom. The number of hydrogen-bond donors (Lipinski definition) is 1. The normalized spacial score (nSPS) is 22.2. The molecule has 0 atom stereocenters. The molecule has 3 nitrogen and oxygen atoms in total. The monoisotopic (exact) mass is 239 g/mol. The van der Waals surface area contributed by atoms with Gasteiger partial charge in [-0.3, -0.25) is 4.79 Å². The van der Waals surface area contributed by atoms with Crippen molar-refractivity contribution in [2.75, 3.05) is 13.2 Å². The van der Waals surface area contributed by atoms with Gasteiger partial charge in [-0.25, -0.2) is 0 Å². The molecule has 2 saturated carbocycles. The third-order valence-electron chi connectivity index (χ3n) is 4.36. The summed E-state index contributed by atoms with van der Waals surface area (Å²) in [6.45, 7) is 0.642. The maximum atomic E-state index is 12.3. The maximum absolute atomic E-state index is 12.3. The van der Waals surface area contributed by atoms with Crippen molar-refractivity contribution in [1.82, 2.24) is 4.90 Å². The molecule has 1 N–H and O–H groups in total. The number of hydrogen-bond acceptors (Lipinski definition) is 2. The Kier molecular flexibility index (Phi) is 4.84. The second-order valence-corrected chi connectivity index (χ2v) is 5.60. The van der Waals surface area contributed by atoms with Gasteiger partial charge in [0.05, 0.1) is 6.61 Å². The summed E-state index contributed by atoms with van der Waals surface area (Å²) in [4.78, 5) is 14.3.